The lowest BCUT2D eigenvalue weighted by Crippen LogP contribution is -2.19. The second-order valence-corrected chi connectivity index (χ2v) is 4.21. The number of hydrogen-bond donors (Lipinski definition) is 1. The van der Waals surface area contributed by atoms with Gasteiger partial charge in [0.05, 0.1) is 18.4 Å². The molecule has 0 saturated carbocycles. The molecule has 0 spiro atoms. The molecule has 0 aliphatic rings. The van der Waals surface area contributed by atoms with Gasteiger partial charge in [-0.1, -0.05) is 26.0 Å². The average molecular weight is 223 g/mol. The van der Waals surface area contributed by atoms with Crippen molar-refractivity contribution < 1.29 is 9.47 Å². The van der Waals surface area contributed by atoms with Gasteiger partial charge in [-0.25, -0.2) is 0 Å². The van der Waals surface area contributed by atoms with Crippen molar-refractivity contribution in [2.24, 2.45) is 5.92 Å². The van der Waals surface area contributed by atoms with E-state index in [0.717, 1.165) is 5.75 Å². The molecule has 3 nitrogen and oxygen atoms in total. The van der Waals surface area contributed by atoms with E-state index in [1.807, 2.05) is 24.3 Å². The molecule has 0 saturated heterocycles. The van der Waals surface area contributed by atoms with E-state index in [1.54, 1.807) is 0 Å². The Kier molecular flexibility index (Phi) is 5.12. The summed E-state index contributed by atoms with van der Waals surface area (Å²) in [4.78, 5) is 0. The lowest BCUT2D eigenvalue weighted by atomic mass is 10.1. The SMILES string of the molecule is CC(C)C(C)OCCOc1ccccc1N. The van der Waals surface area contributed by atoms with E-state index >= 15 is 0 Å². The second kappa shape index (κ2) is 6.38. The molecule has 16 heavy (non-hydrogen) atoms. The second-order valence-electron chi connectivity index (χ2n) is 4.21. The number of rotatable bonds is 6. The molecule has 1 aromatic carbocycles. The van der Waals surface area contributed by atoms with Crippen LogP contribution in [0.3, 0.4) is 0 Å². The molecule has 0 bridgehead atoms. The van der Waals surface area contributed by atoms with Crippen molar-refractivity contribution >= 4 is 5.69 Å². The van der Waals surface area contributed by atoms with Gasteiger partial charge in [-0.2, -0.15) is 0 Å². The summed E-state index contributed by atoms with van der Waals surface area (Å²) >= 11 is 0. The van der Waals surface area contributed by atoms with E-state index in [1.165, 1.54) is 0 Å². The zero-order valence-corrected chi connectivity index (χ0v) is 10.3. The van der Waals surface area contributed by atoms with Crippen LogP contribution in [0.1, 0.15) is 20.8 Å². The van der Waals surface area contributed by atoms with Crippen molar-refractivity contribution in [2.45, 2.75) is 26.9 Å². The van der Waals surface area contributed by atoms with Crippen LogP contribution in [0.15, 0.2) is 24.3 Å². The fourth-order valence-electron chi connectivity index (χ4n) is 1.19. The number of anilines is 1. The predicted molar refractivity (Wildman–Crippen MR) is 66.6 cm³/mol. The van der Waals surface area contributed by atoms with E-state index in [0.29, 0.717) is 24.8 Å². The Bertz CT molecular complexity index is 313. The summed E-state index contributed by atoms with van der Waals surface area (Å²) in [5.41, 5.74) is 6.41. The van der Waals surface area contributed by atoms with E-state index in [-0.39, 0.29) is 6.10 Å². The molecule has 1 rings (SSSR count). The number of ether oxygens (including phenoxy) is 2. The summed E-state index contributed by atoms with van der Waals surface area (Å²) in [7, 11) is 0. The Morgan fingerprint density at radius 3 is 2.44 bits per heavy atom. The standard InChI is InChI=1S/C13H21NO2/c1-10(2)11(3)15-8-9-16-13-7-5-4-6-12(13)14/h4-7,10-11H,8-9,14H2,1-3H3. The van der Waals surface area contributed by atoms with Crippen LogP contribution in [0.2, 0.25) is 0 Å². The Morgan fingerprint density at radius 1 is 1.12 bits per heavy atom. The van der Waals surface area contributed by atoms with Crippen molar-refractivity contribution in [3.8, 4) is 5.75 Å². The van der Waals surface area contributed by atoms with Crippen molar-refractivity contribution in [2.75, 3.05) is 18.9 Å². The maximum atomic E-state index is 5.74. The van der Waals surface area contributed by atoms with E-state index < -0.39 is 0 Å². The molecule has 1 unspecified atom stereocenters. The summed E-state index contributed by atoms with van der Waals surface area (Å²) in [6.07, 6.45) is 0.261. The van der Waals surface area contributed by atoms with Gasteiger partial charge in [0.15, 0.2) is 0 Å². The van der Waals surface area contributed by atoms with Crippen LogP contribution in [-0.2, 0) is 4.74 Å². The van der Waals surface area contributed by atoms with Gasteiger partial charge in [-0.15, -0.1) is 0 Å². The molecule has 1 atom stereocenters. The van der Waals surface area contributed by atoms with Crippen LogP contribution < -0.4 is 10.5 Å². The highest BCUT2D eigenvalue weighted by Crippen LogP contribution is 2.19. The summed E-state index contributed by atoms with van der Waals surface area (Å²) in [5, 5.41) is 0. The normalized spacial score (nSPS) is 12.8. The summed E-state index contributed by atoms with van der Waals surface area (Å²) in [5.74, 6) is 1.25. The Morgan fingerprint density at radius 2 is 1.81 bits per heavy atom. The minimum atomic E-state index is 0.261. The van der Waals surface area contributed by atoms with Gasteiger partial charge in [0.25, 0.3) is 0 Å². The van der Waals surface area contributed by atoms with Crippen molar-refractivity contribution in [1.82, 2.24) is 0 Å². The van der Waals surface area contributed by atoms with E-state index in [2.05, 4.69) is 20.8 Å². The lowest BCUT2D eigenvalue weighted by Gasteiger charge is -2.16. The molecule has 0 heterocycles. The van der Waals surface area contributed by atoms with Gasteiger partial charge in [0.1, 0.15) is 12.4 Å². The van der Waals surface area contributed by atoms with Crippen LogP contribution in [0.4, 0.5) is 5.69 Å². The third kappa shape index (κ3) is 4.11. The van der Waals surface area contributed by atoms with Crippen molar-refractivity contribution in [3.05, 3.63) is 24.3 Å². The number of benzene rings is 1. The molecule has 0 radical (unpaired) electrons. The summed E-state index contributed by atoms with van der Waals surface area (Å²) < 4.78 is 11.1. The fourth-order valence-corrected chi connectivity index (χ4v) is 1.19. The van der Waals surface area contributed by atoms with Gasteiger partial charge in [0.2, 0.25) is 0 Å². The number of nitrogen functional groups attached to an aromatic ring is 1. The monoisotopic (exact) mass is 223 g/mol. The topological polar surface area (TPSA) is 44.5 Å². The first-order chi connectivity index (χ1) is 7.61. The molecular weight excluding hydrogens is 202 g/mol. The quantitative estimate of drug-likeness (QED) is 0.595. The third-order valence-corrected chi connectivity index (χ3v) is 2.58. The minimum absolute atomic E-state index is 0.261. The molecule has 0 fully saturated rings. The minimum Gasteiger partial charge on any atom is -0.489 e. The van der Waals surface area contributed by atoms with Crippen molar-refractivity contribution in [1.29, 1.82) is 0 Å². The molecule has 0 aromatic heterocycles. The van der Waals surface area contributed by atoms with Crippen LogP contribution in [0.25, 0.3) is 0 Å². The average Bonchev–Trinajstić information content (AvgIpc) is 2.26. The predicted octanol–water partition coefficient (Wildman–Crippen LogP) is 2.71. The zero-order chi connectivity index (χ0) is 12.0. The molecule has 0 aliphatic heterocycles. The molecule has 0 amide bonds. The van der Waals surface area contributed by atoms with Gasteiger partial charge in [0, 0.05) is 0 Å². The highest BCUT2D eigenvalue weighted by molar-refractivity contribution is 5.51. The number of hydrogen-bond acceptors (Lipinski definition) is 3. The zero-order valence-electron chi connectivity index (χ0n) is 10.3. The first-order valence-corrected chi connectivity index (χ1v) is 5.70. The Hall–Kier alpha value is -1.22. The first kappa shape index (κ1) is 12.8. The molecule has 3 heteroatoms. The maximum Gasteiger partial charge on any atom is 0.142 e. The highest BCUT2D eigenvalue weighted by Gasteiger charge is 2.06. The molecule has 2 N–H and O–H groups in total. The van der Waals surface area contributed by atoms with Gasteiger partial charge in [-0.05, 0) is 25.0 Å². The molecular formula is C13H21NO2. The number of para-hydroxylation sites is 2. The van der Waals surface area contributed by atoms with Gasteiger partial charge < -0.3 is 15.2 Å². The smallest absolute Gasteiger partial charge is 0.142 e. The van der Waals surface area contributed by atoms with E-state index in [9.17, 15) is 0 Å². The Labute approximate surface area is 97.6 Å². The summed E-state index contributed by atoms with van der Waals surface area (Å²) in [6, 6.07) is 7.48. The van der Waals surface area contributed by atoms with Gasteiger partial charge >= 0.3 is 0 Å². The first-order valence-electron chi connectivity index (χ1n) is 5.70. The summed E-state index contributed by atoms with van der Waals surface area (Å²) in [6.45, 7) is 7.47. The highest BCUT2D eigenvalue weighted by atomic mass is 16.5. The lowest BCUT2D eigenvalue weighted by molar-refractivity contribution is 0.0189. The third-order valence-electron chi connectivity index (χ3n) is 2.58. The molecule has 90 valence electrons. The van der Waals surface area contributed by atoms with Crippen LogP contribution >= 0.6 is 0 Å². The molecule has 0 aliphatic carbocycles. The van der Waals surface area contributed by atoms with E-state index in [4.69, 9.17) is 15.2 Å². The van der Waals surface area contributed by atoms with Crippen LogP contribution in [0.5, 0.6) is 5.75 Å². The fraction of sp³-hybridized carbons (Fsp3) is 0.538. The molecule has 1 aromatic rings. The maximum absolute atomic E-state index is 5.74. The van der Waals surface area contributed by atoms with Crippen molar-refractivity contribution in [3.63, 3.8) is 0 Å². The van der Waals surface area contributed by atoms with Crippen LogP contribution in [-0.4, -0.2) is 19.3 Å². The van der Waals surface area contributed by atoms with Crippen LogP contribution in [0, 0.1) is 5.92 Å². The Balaban J connectivity index is 2.24. The number of nitrogens with two attached hydrogens (primary N) is 1. The largest absolute Gasteiger partial charge is 0.489 e. The van der Waals surface area contributed by atoms with Gasteiger partial charge in [-0.3, -0.25) is 0 Å².